The number of nitrogens with one attached hydrogen (secondary N) is 1. The molecule has 5 heteroatoms. The van der Waals surface area contributed by atoms with E-state index in [4.69, 9.17) is 0 Å². The first-order valence-corrected chi connectivity index (χ1v) is 8.38. The van der Waals surface area contributed by atoms with Gasteiger partial charge in [-0.3, -0.25) is 4.79 Å². The molecule has 0 aliphatic heterocycles. The molecule has 1 aromatic carbocycles. The lowest BCUT2D eigenvalue weighted by Crippen LogP contribution is -2.21. The first-order valence-electron chi connectivity index (χ1n) is 6.49. The number of anilines is 1. The van der Waals surface area contributed by atoms with Crippen LogP contribution in [0.2, 0.25) is 0 Å². The molecule has 1 N–H and O–H groups in total. The standard InChI is InChI=1S/C14H19NO3S/c1-10-7-8-12(19(2,17)18)9-13(10)15-14(16)11-5-3-4-6-11/h7-9,11H,3-6H2,1-2H3,(H,15,16). The third-order valence-corrected chi connectivity index (χ3v) is 4.73. The molecule has 0 atom stereocenters. The highest BCUT2D eigenvalue weighted by atomic mass is 32.2. The number of sulfone groups is 1. The Morgan fingerprint density at radius 1 is 1.26 bits per heavy atom. The summed E-state index contributed by atoms with van der Waals surface area (Å²) < 4.78 is 23.1. The zero-order chi connectivity index (χ0) is 14.0. The van der Waals surface area contributed by atoms with Gasteiger partial charge in [-0.05, 0) is 37.5 Å². The topological polar surface area (TPSA) is 63.2 Å². The van der Waals surface area contributed by atoms with Crippen LogP contribution in [0.15, 0.2) is 23.1 Å². The van der Waals surface area contributed by atoms with E-state index >= 15 is 0 Å². The van der Waals surface area contributed by atoms with E-state index in [9.17, 15) is 13.2 Å². The van der Waals surface area contributed by atoms with Gasteiger partial charge in [-0.2, -0.15) is 0 Å². The third kappa shape index (κ3) is 3.35. The van der Waals surface area contributed by atoms with E-state index < -0.39 is 9.84 Å². The fraction of sp³-hybridized carbons (Fsp3) is 0.500. The minimum absolute atomic E-state index is 0.00579. The number of carbonyl (C=O) groups excluding carboxylic acids is 1. The lowest BCUT2D eigenvalue weighted by molar-refractivity contribution is -0.119. The number of benzene rings is 1. The summed E-state index contributed by atoms with van der Waals surface area (Å²) in [6.45, 7) is 1.86. The van der Waals surface area contributed by atoms with E-state index in [-0.39, 0.29) is 16.7 Å². The van der Waals surface area contributed by atoms with Crippen LogP contribution in [-0.2, 0) is 14.6 Å². The molecule has 1 aliphatic carbocycles. The van der Waals surface area contributed by atoms with Gasteiger partial charge >= 0.3 is 0 Å². The summed E-state index contributed by atoms with van der Waals surface area (Å²) in [4.78, 5) is 12.3. The average molecular weight is 281 g/mol. The molecule has 0 heterocycles. The van der Waals surface area contributed by atoms with Crippen molar-refractivity contribution in [2.24, 2.45) is 5.92 Å². The summed E-state index contributed by atoms with van der Waals surface area (Å²) in [7, 11) is -3.25. The van der Waals surface area contributed by atoms with Crippen LogP contribution >= 0.6 is 0 Å². The third-order valence-electron chi connectivity index (χ3n) is 3.62. The highest BCUT2D eigenvalue weighted by Crippen LogP contribution is 2.27. The molecule has 4 nitrogen and oxygen atoms in total. The second kappa shape index (κ2) is 5.33. The number of aryl methyl sites for hydroxylation is 1. The number of hydrogen-bond acceptors (Lipinski definition) is 3. The lowest BCUT2D eigenvalue weighted by Gasteiger charge is -2.13. The van der Waals surface area contributed by atoms with Gasteiger partial charge in [0.2, 0.25) is 5.91 Å². The van der Waals surface area contributed by atoms with Crippen molar-refractivity contribution in [3.63, 3.8) is 0 Å². The van der Waals surface area contributed by atoms with Crippen molar-refractivity contribution in [1.82, 2.24) is 0 Å². The zero-order valence-corrected chi connectivity index (χ0v) is 12.1. The van der Waals surface area contributed by atoms with Gasteiger partial charge < -0.3 is 5.32 Å². The quantitative estimate of drug-likeness (QED) is 0.926. The highest BCUT2D eigenvalue weighted by Gasteiger charge is 2.23. The van der Waals surface area contributed by atoms with Crippen LogP contribution in [0, 0.1) is 12.8 Å². The van der Waals surface area contributed by atoms with E-state index in [1.165, 1.54) is 12.3 Å². The van der Waals surface area contributed by atoms with Gasteiger partial charge in [0.25, 0.3) is 0 Å². The van der Waals surface area contributed by atoms with Crippen molar-refractivity contribution in [3.05, 3.63) is 23.8 Å². The van der Waals surface area contributed by atoms with Crippen LogP contribution in [0.1, 0.15) is 31.2 Å². The van der Waals surface area contributed by atoms with Gasteiger partial charge in [-0.1, -0.05) is 18.9 Å². The molecular formula is C14H19NO3S. The predicted molar refractivity (Wildman–Crippen MR) is 74.9 cm³/mol. The zero-order valence-electron chi connectivity index (χ0n) is 11.3. The van der Waals surface area contributed by atoms with E-state index in [0.29, 0.717) is 5.69 Å². The molecule has 0 aromatic heterocycles. The second-order valence-corrected chi connectivity index (χ2v) is 7.24. The molecular weight excluding hydrogens is 262 g/mol. The van der Waals surface area contributed by atoms with Gasteiger partial charge in [0.1, 0.15) is 0 Å². The summed E-state index contributed by atoms with van der Waals surface area (Å²) in [5, 5.41) is 2.86. The van der Waals surface area contributed by atoms with E-state index in [0.717, 1.165) is 31.2 Å². The van der Waals surface area contributed by atoms with Gasteiger partial charge in [0.15, 0.2) is 9.84 Å². The van der Waals surface area contributed by atoms with Crippen molar-refractivity contribution < 1.29 is 13.2 Å². The molecule has 19 heavy (non-hydrogen) atoms. The Morgan fingerprint density at radius 2 is 1.89 bits per heavy atom. The summed E-state index contributed by atoms with van der Waals surface area (Å²) in [5.74, 6) is 0.0764. The maximum atomic E-state index is 12.1. The van der Waals surface area contributed by atoms with Gasteiger partial charge in [-0.15, -0.1) is 0 Å². The molecule has 0 unspecified atom stereocenters. The molecule has 0 radical (unpaired) electrons. The van der Waals surface area contributed by atoms with Crippen molar-refractivity contribution in [3.8, 4) is 0 Å². The van der Waals surface area contributed by atoms with Gasteiger partial charge in [-0.25, -0.2) is 8.42 Å². The summed E-state index contributed by atoms with van der Waals surface area (Å²) in [6, 6.07) is 4.83. The van der Waals surface area contributed by atoms with Crippen LogP contribution in [0.5, 0.6) is 0 Å². The minimum Gasteiger partial charge on any atom is -0.326 e. The molecule has 0 bridgehead atoms. The number of carbonyl (C=O) groups is 1. The Kier molecular flexibility index (Phi) is 3.94. The van der Waals surface area contributed by atoms with Crippen molar-refractivity contribution >= 4 is 21.4 Å². The van der Waals surface area contributed by atoms with Crippen molar-refractivity contribution in [2.75, 3.05) is 11.6 Å². The lowest BCUT2D eigenvalue weighted by atomic mass is 10.1. The Balaban J connectivity index is 2.22. The Morgan fingerprint density at radius 3 is 2.47 bits per heavy atom. The normalized spacial score (nSPS) is 16.5. The van der Waals surface area contributed by atoms with Crippen molar-refractivity contribution in [2.45, 2.75) is 37.5 Å². The monoisotopic (exact) mass is 281 g/mol. The molecule has 1 aliphatic rings. The number of hydrogen-bond donors (Lipinski definition) is 1. The summed E-state index contributed by atoms with van der Waals surface area (Å²) in [6.07, 6.45) is 5.22. The molecule has 1 fully saturated rings. The Labute approximate surface area is 114 Å². The first kappa shape index (κ1) is 14.1. The van der Waals surface area contributed by atoms with E-state index in [2.05, 4.69) is 5.32 Å². The fourth-order valence-corrected chi connectivity index (χ4v) is 3.04. The highest BCUT2D eigenvalue weighted by molar-refractivity contribution is 7.90. The number of amides is 1. The fourth-order valence-electron chi connectivity index (χ4n) is 2.39. The largest absolute Gasteiger partial charge is 0.326 e. The van der Waals surface area contributed by atoms with Crippen LogP contribution in [-0.4, -0.2) is 20.6 Å². The summed E-state index contributed by atoms with van der Waals surface area (Å²) >= 11 is 0. The smallest absolute Gasteiger partial charge is 0.227 e. The summed E-state index contributed by atoms with van der Waals surface area (Å²) in [5.41, 5.74) is 1.47. The average Bonchev–Trinajstić information content (AvgIpc) is 2.84. The minimum atomic E-state index is -3.25. The molecule has 104 valence electrons. The maximum absolute atomic E-state index is 12.1. The van der Waals surface area contributed by atoms with Crippen LogP contribution < -0.4 is 5.32 Å². The van der Waals surface area contributed by atoms with Gasteiger partial charge in [0, 0.05) is 17.9 Å². The van der Waals surface area contributed by atoms with Crippen LogP contribution in [0.25, 0.3) is 0 Å². The van der Waals surface area contributed by atoms with Crippen LogP contribution in [0.3, 0.4) is 0 Å². The maximum Gasteiger partial charge on any atom is 0.227 e. The molecule has 1 amide bonds. The Bertz CT molecular complexity index is 587. The Hall–Kier alpha value is -1.36. The van der Waals surface area contributed by atoms with Crippen LogP contribution in [0.4, 0.5) is 5.69 Å². The molecule has 0 spiro atoms. The van der Waals surface area contributed by atoms with Crippen molar-refractivity contribution in [1.29, 1.82) is 0 Å². The number of rotatable bonds is 3. The van der Waals surface area contributed by atoms with Gasteiger partial charge in [0.05, 0.1) is 4.90 Å². The second-order valence-electron chi connectivity index (χ2n) is 5.22. The predicted octanol–water partition coefficient (Wildman–Crippen LogP) is 2.53. The SMILES string of the molecule is Cc1ccc(S(C)(=O)=O)cc1NC(=O)C1CCCC1. The molecule has 1 aromatic rings. The molecule has 0 saturated heterocycles. The van der Waals surface area contributed by atoms with E-state index in [1.807, 2.05) is 6.92 Å². The molecule has 1 saturated carbocycles. The first-order chi connectivity index (χ1) is 8.88. The molecule has 2 rings (SSSR count). The van der Waals surface area contributed by atoms with E-state index in [1.54, 1.807) is 12.1 Å².